The van der Waals surface area contributed by atoms with E-state index in [1.54, 1.807) is 19.2 Å². The lowest BCUT2D eigenvalue weighted by Gasteiger charge is -2.35. The molecule has 2 aromatic rings. The Labute approximate surface area is 170 Å². The molecule has 0 unspecified atom stereocenters. The first kappa shape index (κ1) is 20.5. The van der Waals surface area contributed by atoms with E-state index in [0.29, 0.717) is 36.3 Å². The maximum Gasteiger partial charge on any atom is 0.258 e. The van der Waals surface area contributed by atoms with E-state index in [1.165, 1.54) is 0 Å². The normalized spacial score (nSPS) is 15.6. The van der Waals surface area contributed by atoms with E-state index in [1.807, 2.05) is 36.4 Å². The van der Waals surface area contributed by atoms with Gasteiger partial charge < -0.3 is 19.5 Å². The summed E-state index contributed by atoms with van der Waals surface area (Å²) in [5.74, 6) is 0.935. The van der Waals surface area contributed by atoms with Gasteiger partial charge in [-0.15, -0.1) is 0 Å². The SMILES string of the molecule is COc1ccccc1OCC(=O)NC[C@H](c1ccccc1Cl)N1CCOCC1. The van der Waals surface area contributed by atoms with Crippen LogP contribution >= 0.6 is 11.6 Å². The number of hydrogen-bond donors (Lipinski definition) is 1. The molecule has 0 aliphatic carbocycles. The summed E-state index contributed by atoms with van der Waals surface area (Å²) in [4.78, 5) is 14.7. The first-order valence-electron chi connectivity index (χ1n) is 9.28. The third kappa shape index (κ3) is 5.38. The van der Waals surface area contributed by atoms with E-state index in [4.69, 9.17) is 25.8 Å². The number of methoxy groups -OCH3 is 1. The summed E-state index contributed by atoms with van der Waals surface area (Å²) in [6, 6.07) is 15.0. The van der Waals surface area contributed by atoms with Gasteiger partial charge in [0.1, 0.15) is 0 Å². The Morgan fingerprint density at radius 2 is 1.82 bits per heavy atom. The number of hydrogen-bond acceptors (Lipinski definition) is 5. The zero-order valence-corrected chi connectivity index (χ0v) is 16.7. The van der Waals surface area contributed by atoms with Gasteiger partial charge in [0.05, 0.1) is 26.4 Å². The molecule has 0 radical (unpaired) electrons. The predicted octanol–water partition coefficient (Wildman–Crippen LogP) is 2.92. The van der Waals surface area contributed by atoms with Crippen LogP contribution in [0.3, 0.4) is 0 Å². The molecule has 0 bridgehead atoms. The molecule has 0 saturated carbocycles. The third-order valence-electron chi connectivity index (χ3n) is 4.67. The fraction of sp³-hybridized carbons (Fsp3) is 0.381. The van der Waals surface area contributed by atoms with Crippen molar-refractivity contribution in [3.05, 3.63) is 59.1 Å². The van der Waals surface area contributed by atoms with Crippen LogP contribution in [0.15, 0.2) is 48.5 Å². The maximum absolute atomic E-state index is 12.4. The third-order valence-corrected chi connectivity index (χ3v) is 5.02. The van der Waals surface area contributed by atoms with E-state index in [2.05, 4.69) is 10.2 Å². The van der Waals surface area contributed by atoms with Crippen LogP contribution in [-0.2, 0) is 9.53 Å². The Kier molecular flexibility index (Phi) is 7.54. The molecule has 1 heterocycles. The Morgan fingerprint density at radius 1 is 1.14 bits per heavy atom. The smallest absolute Gasteiger partial charge is 0.258 e. The number of carbonyl (C=O) groups is 1. The Bertz CT molecular complexity index is 781. The van der Waals surface area contributed by atoms with Gasteiger partial charge in [0.2, 0.25) is 0 Å². The fourth-order valence-corrected chi connectivity index (χ4v) is 3.47. The zero-order chi connectivity index (χ0) is 19.8. The summed E-state index contributed by atoms with van der Waals surface area (Å²) < 4.78 is 16.3. The van der Waals surface area contributed by atoms with Crippen LogP contribution in [-0.4, -0.2) is 57.4 Å². The Morgan fingerprint density at radius 3 is 2.54 bits per heavy atom. The summed E-state index contributed by atoms with van der Waals surface area (Å²) in [7, 11) is 1.57. The molecule has 6 nitrogen and oxygen atoms in total. The molecule has 0 spiro atoms. The number of rotatable bonds is 8. The number of ether oxygens (including phenoxy) is 3. The van der Waals surface area contributed by atoms with Crippen LogP contribution in [0.1, 0.15) is 11.6 Å². The van der Waals surface area contributed by atoms with Crippen molar-refractivity contribution in [2.45, 2.75) is 6.04 Å². The van der Waals surface area contributed by atoms with Crippen molar-refractivity contribution in [2.75, 3.05) is 46.6 Å². The van der Waals surface area contributed by atoms with E-state index in [0.717, 1.165) is 18.7 Å². The quantitative estimate of drug-likeness (QED) is 0.733. The van der Waals surface area contributed by atoms with Crippen molar-refractivity contribution < 1.29 is 19.0 Å². The van der Waals surface area contributed by atoms with Gasteiger partial charge in [0.15, 0.2) is 18.1 Å². The second-order valence-electron chi connectivity index (χ2n) is 6.43. The first-order chi connectivity index (χ1) is 13.7. The molecule has 1 fully saturated rings. The molecule has 1 N–H and O–H groups in total. The average Bonchev–Trinajstić information content (AvgIpc) is 2.74. The molecule has 1 aliphatic rings. The summed E-state index contributed by atoms with van der Waals surface area (Å²) in [6.45, 7) is 3.29. The minimum absolute atomic E-state index is 0.0205. The summed E-state index contributed by atoms with van der Waals surface area (Å²) in [6.07, 6.45) is 0. The molecule has 2 aromatic carbocycles. The van der Waals surface area contributed by atoms with Crippen LogP contribution in [0.5, 0.6) is 11.5 Å². The number of nitrogens with one attached hydrogen (secondary N) is 1. The highest BCUT2D eigenvalue weighted by molar-refractivity contribution is 6.31. The molecular weight excluding hydrogens is 380 g/mol. The van der Waals surface area contributed by atoms with Crippen LogP contribution < -0.4 is 14.8 Å². The van der Waals surface area contributed by atoms with Gasteiger partial charge >= 0.3 is 0 Å². The number of morpholine rings is 1. The number of benzene rings is 2. The minimum atomic E-state index is -0.198. The van der Waals surface area contributed by atoms with Gasteiger partial charge in [0.25, 0.3) is 5.91 Å². The monoisotopic (exact) mass is 404 g/mol. The number of para-hydroxylation sites is 2. The molecule has 28 heavy (non-hydrogen) atoms. The lowest BCUT2D eigenvalue weighted by Crippen LogP contribution is -2.44. The molecule has 1 saturated heterocycles. The second-order valence-corrected chi connectivity index (χ2v) is 6.84. The van der Waals surface area contributed by atoms with Crippen molar-refractivity contribution in [1.29, 1.82) is 0 Å². The maximum atomic E-state index is 12.4. The number of nitrogens with zero attached hydrogens (tertiary/aromatic N) is 1. The van der Waals surface area contributed by atoms with Crippen molar-refractivity contribution in [1.82, 2.24) is 10.2 Å². The molecule has 1 amide bonds. The molecule has 7 heteroatoms. The standard InChI is InChI=1S/C21H25ClN2O4/c1-26-19-8-4-5-9-20(19)28-15-21(25)23-14-18(24-10-12-27-13-11-24)16-6-2-3-7-17(16)22/h2-9,18H,10-15H2,1H3,(H,23,25)/t18-/m1/s1. The molecule has 1 atom stereocenters. The highest BCUT2D eigenvalue weighted by atomic mass is 35.5. The lowest BCUT2D eigenvalue weighted by molar-refractivity contribution is -0.123. The number of carbonyl (C=O) groups excluding carboxylic acids is 1. The van der Waals surface area contributed by atoms with Crippen molar-refractivity contribution in [3.63, 3.8) is 0 Å². The van der Waals surface area contributed by atoms with Crippen LogP contribution in [0, 0.1) is 0 Å². The predicted molar refractivity (Wildman–Crippen MR) is 108 cm³/mol. The molecular formula is C21H25ClN2O4. The fourth-order valence-electron chi connectivity index (χ4n) is 3.21. The number of amides is 1. The molecule has 150 valence electrons. The van der Waals surface area contributed by atoms with Crippen LogP contribution in [0.2, 0.25) is 5.02 Å². The van der Waals surface area contributed by atoms with E-state index in [-0.39, 0.29) is 18.6 Å². The van der Waals surface area contributed by atoms with Gasteiger partial charge in [-0.2, -0.15) is 0 Å². The van der Waals surface area contributed by atoms with Crippen LogP contribution in [0.4, 0.5) is 0 Å². The Balaban J connectivity index is 1.61. The van der Waals surface area contributed by atoms with Crippen molar-refractivity contribution in [2.24, 2.45) is 0 Å². The zero-order valence-electron chi connectivity index (χ0n) is 15.9. The molecule has 1 aliphatic heterocycles. The van der Waals surface area contributed by atoms with Crippen LogP contribution in [0.25, 0.3) is 0 Å². The average molecular weight is 405 g/mol. The van der Waals surface area contributed by atoms with E-state index < -0.39 is 0 Å². The van der Waals surface area contributed by atoms with E-state index in [9.17, 15) is 4.79 Å². The van der Waals surface area contributed by atoms with Gasteiger partial charge in [-0.1, -0.05) is 41.9 Å². The second kappa shape index (κ2) is 10.3. The van der Waals surface area contributed by atoms with Gasteiger partial charge in [0, 0.05) is 24.7 Å². The highest BCUT2D eigenvalue weighted by Gasteiger charge is 2.24. The molecule has 3 rings (SSSR count). The lowest BCUT2D eigenvalue weighted by atomic mass is 10.0. The highest BCUT2D eigenvalue weighted by Crippen LogP contribution is 2.28. The van der Waals surface area contributed by atoms with Crippen molar-refractivity contribution >= 4 is 17.5 Å². The van der Waals surface area contributed by atoms with Gasteiger partial charge in [-0.05, 0) is 23.8 Å². The minimum Gasteiger partial charge on any atom is -0.493 e. The van der Waals surface area contributed by atoms with Gasteiger partial charge in [-0.25, -0.2) is 0 Å². The summed E-state index contributed by atoms with van der Waals surface area (Å²) in [5, 5.41) is 3.66. The Hall–Kier alpha value is -2.28. The first-order valence-corrected chi connectivity index (χ1v) is 9.65. The van der Waals surface area contributed by atoms with Crippen molar-refractivity contribution in [3.8, 4) is 11.5 Å². The van der Waals surface area contributed by atoms with Gasteiger partial charge in [-0.3, -0.25) is 9.69 Å². The topological polar surface area (TPSA) is 60.0 Å². The molecule has 0 aromatic heterocycles. The summed E-state index contributed by atoms with van der Waals surface area (Å²) in [5.41, 5.74) is 0.997. The summed E-state index contributed by atoms with van der Waals surface area (Å²) >= 11 is 6.42. The largest absolute Gasteiger partial charge is 0.493 e. The van der Waals surface area contributed by atoms with E-state index >= 15 is 0 Å². The number of halogens is 1.